The molecule has 128 valence electrons. The van der Waals surface area contributed by atoms with Gasteiger partial charge >= 0.3 is 5.97 Å². The van der Waals surface area contributed by atoms with Gasteiger partial charge in [0.05, 0.1) is 12.2 Å². The Bertz CT molecular complexity index is 793. The predicted octanol–water partition coefficient (Wildman–Crippen LogP) is 3.68. The van der Waals surface area contributed by atoms with E-state index in [1.165, 1.54) is 0 Å². The van der Waals surface area contributed by atoms with Crippen LogP contribution in [0, 0.1) is 0 Å². The molecular formula is C21H20O4. The molecular weight excluding hydrogens is 316 g/mol. The van der Waals surface area contributed by atoms with Gasteiger partial charge in [-0.25, -0.2) is 4.79 Å². The molecule has 4 nitrogen and oxygen atoms in total. The minimum atomic E-state index is -1.09. The molecule has 2 aliphatic heterocycles. The van der Waals surface area contributed by atoms with Gasteiger partial charge in [0.25, 0.3) is 0 Å². The molecule has 25 heavy (non-hydrogen) atoms. The molecule has 1 saturated heterocycles. The summed E-state index contributed by atoms with van der Waals surface area (Å²) in [6.45, 7) is 2.85. The molecule has 0 radical (unpaired) electrons. The van der Waals surface area contributed by atoms with Crippen molar-refractivity contribution in [3.63, 3.8) is 0 Å². The van der Waals surface area contributed by atoms with E-state index in [0.29, 0.717) is 25.2 Å². The van der Waals surface area contributed by atoms with E-state index in [0.717, 1.165) is 16.7 Å². The lowest BCUT2D eigenvalue weighted by Crippen LogP contribution is -2.49. The largest absolute Gasteiger partial charge is 0.448 e. The van der Waals surface area contributed by atoms with Gasteiger partial charge in [0.15, 0.2) is 6.10 Å². The minimum Gasteiger partial charge on any atom is -0.448 e. The molecule has 0 spiro atoms. The highest BCUT2D eigenvalue weighted by Crippen LogP contribution is 2.47. The topological polar surface area (TPSA) is 44.8 Å². The van der Waals surface area contributed by atoms with Gasteiger partial charge in [0.2, 0.25) is 5.79 Å². The number of esters is 1. The molecule has 0 unspecified atom stereocenters. The molecule has 0 N–H and O–H groups in total. The molecule has 0 amide bonds. The van der Waals surface area contributed by atoms with Crippen LogP contribution in [0.4, 0.5) is 0 Å². The van der Waals surface area contributed by atoms with Gasteiger partial charge in [0.1, 0.15) is 0 Å². The average Bonchev–Trinajstić information content (AvgIpc) is 3.00. The first-order valence-electron chi connectivity index (χ1n) is 8.59. The van der Waals surface area contributed by atoms with Gasteiger partial charge < -0.3 is 14.2 Å². The second-order valence-electron chi connectivity index (χ2n) is 6.12. The highest BCUT2D eigenvalue weighted by atomic mass is 16.7. The van der Waals surface area contributed by atoms with Gasteiger partial charge in [-0.05, 0) is 24.5 Å². The van der Waals surface area contributed by atoms with Crippen LogP contribution in [-0.2, 0) is 24.8 Å². The molecule has 0 bridgehead atoms. The smallest absolute Gasteiger partial charge is 0.339 e. The van der Waals surface area contributed by atoms with Crippen LogP contribution in [0.15, 0.2) is 66.2 Å². The van der Waals surface area contributed by atoms with Crippen molar-refractivity contribution in [2.75, 3.05) is 13.2 Å². The lowest BCUT2D eigenvalue weighted by Gasteiger charge is -2.41. The Labute approximate surface area is 147 Å². The quantitative estimate of drug-likeness (QED) is 0.799. The van der Waals surface area contributed by atoms with Crippen LogP contribution < -0.4 is 0 Å². The Morgan fingerprint density at radius 3 is 2.44 bits per heavy atom. The SMILES string of the molecule is CCO[C@@]1(c2ccccc2)OCCC2=C(c3ccccc3)C(=O)O[C@H]21. The third-order valence-electron chi connectivity index (χ3n) is 4.70. The first kappa shape index (κ1) is 16.1. The summed E-state index contributed by atoms with van der Waals surface area (Å²) in [5, 5.41) is 0. The van der Waals surface area contributed by atoms with Gasteiger partial charge in [-0.1, -0.05) is 60.7 Å². The van der Waals surface area contributed by atoms with E-state index < -0.39 is 11.9 Å². The Kier molecular flexibility index (Phi) is 4.15. The van der Waals surface area contributed by atoms with E-state index in [1.54, 1.807) is 0 Å². The fraction of sp³-hybridized carbons (Fsp3) is 0.286. The molecule has 2 atom stereocenters. The zero-order valence-electron chi connectivity index (χ0n) is 14.1. The van der Waals surface area contributed by atoms with Gasteiger partial charge in [-0.15, -0.1) is 0 Å². The van der Waals surface area contributed by atoms with Crippen molar-refractivity contribution in [2.24, 2.45) is 0 Å². The van der Waals surface area contributed by atoms with E-state index in [2.05, 4.69) is 0 Å². The van der Waals surface area contributed by atoms with Crippen LogP contribution in [0.2, 0.25) is 0 Å². The first-order valence-corrected chi connectivity index (χ1v) is 8.59. The van der Waals surface area contributed by atoms with Crippen molar-refractivity contribution >= 4 is 11.5 Å². The summed E-state index contributed by atoms with van der Waals surface area (Å²) in [7, 11) is 0. The van der Waals surface area contributed by atoms with Crippen LogP contribution in [-0.4, -0.2) is 25.3 Å². The predicted molar refractivity (Wildman–Crippen MR) is 93.6 cm³/mol. The van der Waals surface area contributed by atoms with E-state index in [1.807, 2.05) is 67.6 Å². The number of carbonyl (C=O) groups excluding carboxylic acids is 1. The number of hydrogen-bond donors (Lipinski definition) is 0. The lowest BCUT2D eigenvalue weighted by atomic mass is 9.87. The maximum Gasteiger partial charge on any atom is 0.339 e. The van der Waals surface area contributed by atoms with E-state index in [-0.39, 0.29) is 5.97 Å². The number of fused-ring (bicyclic) bond motifs is 1. The summed E-state index contributed by atoms with van der Waals surface area (Å²) in [6, 6.07) is 19.4. The number of carbonyl (C=O) groups is 1. The molecule has 1 fully saturated rings. The molecule has 2 aromatic carbocycles. The molecule has 4 rings (SSSR count). The fourth-order valence-electron chi connectivity index (χ4n) is 3.68. The van der Waals surface area contributed by atoms with Crippen molar-refractivity contribution in [3.05, 3.63) is 77.4 Å². The average molecular weight is 336 g/mol. The monoisotopic (exact) mass is 336 g/mol. The number of rotatable bonds is 4. The minimum absolute atomic E-state index is 0.309. The molecule has 0 aromatic heterocycles. The molecule has 0 aliphatic carbocycles. The summed E-state index contributed by atoms with van der Waals surface area (Å²) in [5.74, 6) is -1.40. The van der Waals surface area contributed by atoms with Crippen molar-refractivity contribution in [1.82, 2.24) is 0 Å². The highest BCUT2D eigenvalue weighted by molar-refractivity contribution is 6.19. The van der Waals surface area contributed by atoms with E-state index >= 15 is 0 Å². The lowest BCUT2D eigenvalue weighted by molar-refractivity contribution is -0.294. The first-order chi connectivity index (χ1) is 12.3. The number of hydrogen-bond acceptors (Lipinski definition) is 4. The highest BCUT2D eigenvalue weighted by Gasteiger charge is 2.54. The van der Waals surface area contributed by atoms with E-state index in [9.17, 15) is 4.79 Å². The maximum absolute atomic E-state index is 12.7. The molecule has 2 heterocycles. The second kappa shape index (κ2) is 6.47. The fourth-order valence-corrected chi connectivity index (χ4v) is 3.68. The summed E-state index contributed by atoms with van der Waals surface area (Å²) in [6.07, 6.45) is 0.0914. The van der Waals surface area contributed by atoms with Crippen LogP contribution >= 0.6 is 0 Å². The summed E-state index contributed by atoms with van der Waals surface area (Å²) in [4.78, 5) is 12.7. The maximum atomic E-state index is 12.7. The second-order valence-corrected chi connectivity index (χ2v) is 6.12. The Hall–Kier alpha value is -2.43. The van der Waals surface area contributed by atoms with Crippen LogP contribution in [0.3, 0.4) is 0 Å². The zero-order chi connectivity index (χ0) is 17.3. The van der Waals surface area contributed by atoms with Crippen molar-refractivity contribution in [3.8, 4) is 0 Å². The van der Waals surface area contributed by atoms with Gasteiger partial charge in [-0.3, -0.25) is 0 Å². The van der Waals surface area contributed by atoms with Crippen LogP contribution in [0.25, 0.3) is 5.57 Å². The van der Waals surface area contributed by atoms with Crippen LogP contribution in [0.1, 0.15) is 24.5 Å². The summed E-state index contributed by atoms with van der Waals surface area (Å²) >= 11 is 0. The summed E-state index contributed by atoms with van der Waals surface area (Å²) < 4.78 is 18.0. The third kappa shape index (κ3) is 2.58. The molecule has 2 aromatic rings. The van der Waals surface area contributed by atoms with Gasteiger partial charge in [0, 0.05) is 12.2 Å². The molecule has 0 saturated carbocycles. The summed E-state index contributed by atoms with van der Waals surface area (Å²) in [5.41, 5.74) is 3.35. The Morgan fingerprint density at radius 2 is 1.76 bits per heavy atom. The number of ether oxygens (including phenoxy) is 3. The zero-order valence-corrected chi connectivity index (χ0v) is 14.1. The Balaban J connectivity index is 1.85. The van der Waals surface area contributed by atoms with Gasteiger partial charge in [-0.2, -0.15) is 0 Å². The molecule has 2 aliphatic rings. The molecule has 4 heteroatoms. The standard InChI is InChI=1S/C21H20O4/c1-2-23-21(16-11-7-4-8-12-16)19-17(13-14-24-21)18(20(22)25-19)15-9-5-3-6-10-15/h3-12,19H,2,13-14H2,1H3/t19-,21+/m1/s1. The van der Waals surface area contributed by atoms with E-state index in [4.69, 9.17) is 14.2 Å². The van der Waals surface area contributed by atoms with Crippen molar-refractivity contribution in [1.29, 1.82) is 0 Å². The Morgan fingerprint density at radius 1 is 1.08 bits per heavy atom. The van der Waals surface area contributed by atoms with Crippen molar-refractivity contribution in [2.45, 2.75) is 25.2 Å². The van der Waals surface area contributed by atoms with Crippen molar-refractivity contribution < 1.29 is 19.0 Å². The third-order valence-corrected chi connectivity index (χ3v) is 4.70. The number of benzene rings is 2. The van der Waals surface area contributed by atoms with Crippen LogP contribution in [0.5, 0.6) is 0 Å². The normalized spacial score (nSPS) is 25.6.